The van der Waals surface area contributed by atoms with Crippen LogP contribution in [0.15, 0.2) is 54.6 Å². The van der Waals surface area contributed by atoms with Gasteiger partial charge >= 0.3 is 0 Å². The number of benzene rings is 5. The van der Waals surface area contributed by atoms with Crippen molar-refractivity contribution in [1.29, 1.82) is 0 Å². The molecule has 3 heterocycles. The van der Waals surface area contributed by atoms with Gasteiger partial charge < -0.3 is 5.73 Å². The normalized spacial score (nSPS) is 15.3. The minimum absolute atomic E-state index is 0.0969. The number of hydrogen-bond acceptors (Lipinski definition) is 3. The summed E-state index contributed by atoms with van der Waals surface area (Å²) in [6.45, 7) is 14.0. The highest BCUT2D eigenvalue weighted by Crippen LogP contribution is 2.44. The first kappa shape index (κ1) is 24.9. The zero-order valence-corrected chi connectivity index (χ0v) is 24.6. The van der Waals surface area contributed by atoms with Crippen LogP contribution in [0.3, 0.4) is 0 Å². The van der Waals surface area contributed by atoms with E-state index in [1.54, 1.807) is 0 Å². The van der Waals surface area contributed by atoms with E-state index in [1.165, 1.54) is 65.7 Å². The number of nitrogens with two attached hydrogens (primary N) is 1. The van der Waals surface area contributed by atoms with E-state index in [4.69, 9.17) is 5.73 Å². The zero-order valence-electron chi connectivity index (χ0n) is 22.9. The number of nitrogen functional groups attached to an aromatic ring is 1. The Morgan fingerprint density at radius 3 is 1.38 bits per heavy atom. The fraction of sp³-hybridized carbons (Fsp3) is 0.353. The molecule has 5 aromatic rings. The van der Waals surface area contributed by atoms with Crippen molar-refractivity contribution in [1.82, 2.24) is 0 Å². The molecule has 0 atom stereocenters. The van der Waals surface area contributed by atoms with Crippen LogP contribution in [-0.4, -0.2) is 0 Å². The summed E-state index contributed by atoms with van der Waals surface area (Å²) in [6, 6.07) is 21.5. The molecule has 190 valence electrons. The Balaban J connectivity index is 1.70. The molecule has 0 spiro atoms. The molecule has 0 unspecified atom stereocenters. The van der Waals surface area contributed by atoms with Crippen LogP contribution in [0.4, 0.5) is 5.69 Å². The van der Waals surface area contributed by atoms with Gasteiger partial charge in [-0.15, -0.1) is 0 Å². The van der Waals surface area contributed by atoms with Gasteiger partial charge in [0, 0.05) is 28.7 Å². The minimum Gasteiger partial charge on any atom is -0.398 e. The van der Waals surface area contributed by atoms with Crippen molar-refractivity contribution in [2.45, 2.75) is 75.4 Å². The Kier molecular flexibility index (Phi) is 5.97. The number of hydrogen-bond donors (Lipinski definition) is 1. The Labute approximate surface area is 229 Å². The molecule has 0 saturated heterocycles. The van der Waals surface area contributed by atoms with E-state index in [2.05, 4.69) is 96.1 Å². The Hall–Kier alpha value is -2.36. The highest BCUT2D eigenvalue weighted by atomic mass is 32.2. The maximum absolute atomic E-state index is 6.67. The summed E-state index contributed by atoms with van der Waals surface area (Å²) in [5.74, 6) is 3.83. The number of para-hydroxylation sites is 1. The summed E-state index contributed by atoms with van der Waals surface area (Å²) in [7, 11) is 0. The minimum atomic E-state index is 0.0969. The Morgan fingerprint density at radius 2 is 0.973 bits per heavy atom. The van der Waals surface area contributed by atoms with Gasteiger partial charge in [-0.1, -0.05) is 84.0 Å². The van der Waals surface area contributed by atoms with Gasteiger partial charge in [0.2, 0.25) is 0 Å². The van der Waals surface area contributed by atoms with Crippen molar-refractivity contribution in [2.75, 3.05) is 5.73 Å². The van der Waals surface area contributed by atoms with Crippen molar-refractivity contribution in [3.8, 4) is 0 Å². The van der Waals surface area contributed by atoms with E-state index in [0.29, 0.717) is 0 Å². The molecule has 2 N–H and O–H groups in total. The maximum Gasteiger partial charge on any atom is 0.0396 e. The largest absolute Gasteiger partial charge is 0.398 e. The van der Waals surface area contributed by atoms with E-state index >= 15 is 0 Å². The van der Waals surface area contributed by atoms with E-state index in [1.807, 2.05) is 23.5 Å². The second-order valence-electron chi connectivity index (χ2n) is 12.8. The van der Waals surface area contributed by atoms with E-state index in [9.17, 15) is 0 Å². The van der Waals surface area contributed by atoms with Gasteiger partial charge in [-0.05, 0) is 88.7 Å². The lowest BCUT2D eigenvalue weighted by atomic mass is 9.79. The summed E-state index contributed by atoms with van der Waals surface area (Å²) in [6.07, 6.45) is 0. The highest BCUT2D eigenvalue weighted by molar-refractivity contribution is 7.98. The van der Waals surface area contributed by atoms with Crippen molar-refractivity contribution >= 4 is 61.5 Å². The predicted octanol–water partition coefficient (Wildman–Crippen LogP) is 9.94. The second-order valence-corrected chi connectivity index (χ2v) is 14.8. The molecule has 3 heteroatoms. The molecule has 10 bridgehead atoms. The monoisotopic (exact) mass is 523 g/mol. The third kappa shape index (κ3) is 4.38. The summed E-state index contributed by atoms with van der Waals surface area (Å²) >= 11 is 3.97. The number of thioether (sulfide) groups is 2. The fourth-order valence-electron chi connectivity index (χ4n) is 5.72. The summed E-state index contributed by atoms with van der Waals surface area (Å²) in [5, 5.41) is 8.51. The molecule has 8 rings (SSSR count). The van der Waals surface area contributed by atoms with Crippen LogP contribution >= 0.6 is 23.5 Å². The predicted molar refractivity (Wildman–Crippen MR) is 168 cm³/mol. The van der Waals surface area contributed by atoms with Crippen molar-refractivity contribution in [3.05, 3.63) is 88.0 Å². The highest BCUT2D eigenvalue weighted by Gasteiger charge is 2.23. The summed E-state index contributed by atoms with van der Waals surface area (Å²) in [4.78, 5) is 0. The van der Waals surface area contributed by atoms with Crippen LogP contribution in [0, 0.1) is 0 Å². The van der Waals surface area contributed by atoms with Gasteiger partial charge in [-0.25, -0.2) is 0 Å². The lowest BCUT2D eigenvalue weighted by Crippen LogP contribution is -2.12. The van der Waals surface area contributed by atoms with Crippen LogP contribution in [0.1, 0.15) is 74.9 Å². The number of rotatable bonds is 0. The van der Waals surface area contributed by atoms with Gasteiger partial charge in [0.15, 0.2) is 0 Å². The molecule has 0 fully saturated rings. The molecule has 3 aliphatic heterocycles. The van der Waals surface area contributed by atoms with Gasteiger partial charge in [0.1, 0.15) is 0 Å². The van der Waals surface area contributed by atoms with Gasteiger partial charge in [-0.3, -0.25) is 0 Å². The summed E-state index contributed by atoms with van der Waals surface area (Å²) < 4.78 is 0. The van der Waals surface area contributed by atoms with Crippen LogP contribution in [0.5, 0.6) is 0 Å². The van der Waals surface area contributed by atoms with Crippen molar-refractivity contribution < 1.29 is 0 Å². The molecule has 5 aromatic carbocycles. The topological polar surface area (TPSA) is 26.0 Å². The van der Waals surface area contributed by atoms with E-state index in [0.717, 1.165) is 28.7 Å². The molecule has 3 aliphatic rings. The Bertz CT molecular complexity index is 1530. The average molecular weight is 524 g/mol. The van der Waals surface area contributed by atoms with E-state index < -0.39 is 0 Å². The van der Waals surface area contributed by atoms with Crippen LogP contribution in [-0.2, 0) is 33.8 Å². The van der Waals surface area contributed by atoms with Gasteiger partial charge in [-0.2, -0.15) is 23.5 Å². The first-order chi connectivity index (χ1) is 17.5. The average Bonchev–Trinajstić information content (AvgIpc) is 2.83. The first-order valence-corrected chi connectivity index (χ1v) is 15.6. The lowest BCUT2D eigenvalue weighted by Gasteiger charge is -2.26. The fourth-order valence-corrected chi connectivity index (χ4v) is 7.78. The number of anilines is 1. The van der Waals surface area contributed by atoms with Crippen LogP contribution in [0.25, 0.3) is 32.3 Å². The molecule has 0 radical (unpaired) electrons. The molecule has 0 amide bonds. The van der Waals surface area contributed by atoms with Crippen LogP contribution < -0.4 is 5.73 Å². The smallest absolute Gasteiger partial charge is 0.0396 e. The SMILES string of the molecule is CC(C)(C)c1cc2cc3c4cc(C(C)(C)C)cc5cc(c(c1)c2c54)CSCc1cccc(c1N)CSC3. The first-order valence-electron chi connectivity index (χ1n) is 13.3. The van der Waals surface area contributed by atoms with Gasteiger partial charge in [0.25, 0.3) is 0 Å². The second kappa shape index (κ2) is 8.85. The molecule has 0 saturated carbocycles. The lowest BCUT2D eigenvalue weighted by molar-refractivity contribution is 0.591. The quantitative estimate of drug-likeness (QED) is 0.161. The molecule has 37 heavy (non-hydrogen) atoms. The molecule has 0 aliphatic carbocycles. The molecule has 0 aromatic heterocycles. The molecular formula is C34H37NS2. The molecular weight excluding hydrogens is 487 g/mol. The van der Waals surface area contributed by atoms with Gasteiger partial charge in [0.05, 0.1) is 0 Å². The summed E-state index contributed by atoms with van der Waals surface area (Å²) in [5.41, 5.74) is 16.1. The maximum atomic E-state index is 6.67. The molecule has 1 nitrogen and oxygen atoms in total. The van der Waals surface area contributed by atoms with Crippen LogP contribution in [0.2, 0.25) is 0 Å². The third-order valence-electron chi connectivity index (χ3n) is 7.99. The van der Waals surface area contributed by atoms with E-state index in [-0.39, 0.29) is 10.8 Å². The van der Waals surface area contributed by atoms with Crippen molar-refractivity contribution in [2.24, 2.45) is 0 Å². The zero-order chi connectivity index (χ0) is 26.1. The standard InChI is InChI=1S/C34H37NS2/c1-33(2,3)26-12-22-10-25-19-37-17-21-9-7-8-20(32(21)35)16-36-18-24-11-23-13-27(34(4,5)6)15-29(25)31(23)30(22)28(24)14-26/h7-15H,16-19,35H2,1-6H3. The third-order valence-corrected chi connectivity index (χ3v) is 10.0. The Morgan fingerprint density at radius 1 is 0.568 bits per heavy atom. The van der Waals surface area contributed by atoms with Crippen molar-refractivity contribution in [3.63, 3.8) is 0 Å².